The van der Waals surface area contributed by atoms with Gasteiger partial charge < -0.3 is 14.9 Å². The van der Waals surface area contributed by atoms with Crippen LogP contribution in [0.4, 0.5) is 0 Å². The Balaban J connectivity index is 1.97. The predicted octanol–water partition coefficient (Wildman–Crippen LogP) is 1.88. The monoisotopic (exact) mass is 247 g/mol. The number of nitrogens with two attached hydrogens (primary N) is 1. The molecule has 1 aromatic carbocycles. The van der Waals surface area contributed by atoms with Gasteiger partial charge in [-0.15, -0.1) is 10.2 Å². The maximum atomic E-state index is 5.66. The number of hydrogen-bond acceptors (Lipinski definition) is 5. The molecule has 0 amide bonds. The molecule has 2 aromatic rings. The summed E-state index contributed by atoms with van der Waals surface area (Å²) < 4.78 is 10.6. The molecule has 0 fully saturated rings. The van der Waals surface area contributed by atoms with Gasteiger partial charge in [0.1, 0.15) is 5.75 Å². The fourth-order valence-corrected chi connectivity index (χ4v) is 1.63. The predicted molar refractivity (Wildman–Crippen MR) is 67.3 cm³/mol. The van der Waals surface area contributed by atoms with E-state index < -0.39 is 0 Å². The van der Waals surface area contributed by atoms with Crippen LogP contribution in [0.15, 0.2) is 28.7 Å². The number of aromatic nitrogens is 2. The normalized spacial score (nSPS) is 12.4. The van der Waals surface area contributed by atoms with Crippen LogP contribution in [0.1, 0.15) is 30.3 Å². The molecule has 0 saturated heterocycles. The van der Waals surface area contributed by atoms with Gasteiger partial charge in [0.25, 0.3) is 0 Å². The number of methoxy groups -OCH3 is 1. The van der Waals surface area contributed by atoms with Crippen molar-refractivity contribution >= 4 is 0 Å². The highest BCUT2D eigenvalue weighted by Crippen LogP contribution is 2.15. The molecular formula is C13H17N3O2. The second kappa shape index (κ2) is 5.64. The number of ether oxygens (including phenoxy) is 1. The van der Waals surface area contributed by atoms with Gasteiger partial charge in [0, 0.05) is 6.42 Å². The fraction of sp³-hybridized carbons (Fsp3) is 0.385. The number of aryl methyl sites for hydroxylation is 2. The molecule has 1 atom stereocenters. The zero-order chi connectivity index (χ0) is 13.0. The second-order valence-corrected chi connectivity index (χ2v) is 4.17. The van der Waals surface area contributed by atoms with Gasteiger partial charge in [0.2, 0.25) is 11.8 Å². The molecule has 1 unspecified atom stereocenters. The minimum Gasteiger partial charge on any atom is -0.497 e. The average molecular weight is 247 g/mol. The molecule has 0 aliphatic carbocycles. The Labute approximate surface area is 106 Å². The molecule has 96 valence electrons. The van der Waals surface area contributed by atoms with E-state index in [9.17, 15) is 0 Å². The van der Waals surface area contributed by atoms with E-state index in [0.717, 1.165) is 12.2 Å². The highest BCUT2D eigenvalue weighted by molar-refractivity contribution is 5.28. The lowest BCUT2D eigenvalue weighted by molar-refractivity contribution is 0.413. The fourth-order valence-electron chi connectivity index (χ4n) is 1.63. The van der Waals surface area contributed by atoms with Crippen molar-refractivity contribution in [2.24, 2.45) is 5.73 Å². The summed E-state index contributed by atoms with van der Waals surface area (Å²) in [6.07, 6.45) is 1.53. The molecule has 2 rings (SSSR count). The first-order valence-electron chi connectivity index (χ1n) is 5.90. The third kappa shape index (κ3) is 3.07. The summed E-state index contributed by atoms with van der Waals surface area (Å²) in [5.74, 6) is 1.95. The largest absolute Gasteiger partial charge is 0.497 e. The average Bonchev–Trinajstić information content (AvgIpc) is 2.85. The quantitative estimate of drug-likeness (QED) is 0.873. The molecule has 0 saturated carbocycles. The molecule has 0 radical (unpaired) electrons. The van der Waals surface area contributed by atoms with E-state index >= 15 is 0 Å². The summed E-state index contributed by atoms with van der Waals surface area (Å²) in [5, 5.41) is 7.86. The standard InChI is InChI=1S/C13H17N3O2/c1-9(14)13-16-15-12(18-13)7-6-10-4-3-5-11(8-10)17-2/h3-5,8-9H,6-7,14H2,1-2H3. The van der Waals surface area contributed by atoms with Gasteiger partial charge in [0.15, 0.2) is 0 Å². The van der Waals surface area contributed by atoms with Crippen molar-refractivity contribution < 1.29 is 9.15 Å². The van der Waals surface area contributed by atoms with Gasteiger partial charge in [0.05, 0.1) is 13.2 Å². The molecule has 2 N–H and O–H groups in total. The molecule has 1 aromatic heterocycles. The van der Waals surface area contributed by atoms with Crippen molar-refractivity contribution in [1.82, 2.24) is 10.2 Å². The van der Waals surface area contributed by atoms with E-state index in [4.69, 9.17) is 14.9 Å². The van der Waals surface area contributed by atoms with Gasteiger partial charge in [-0.3, -0.25) is 0 Å². The Kier molecular flexibility index (Phi) is 3.94. The third-order valence-electron chi connectivity index (χ3n) is 2.63. The minimum absolute atomic E-state index is 0.219. The molecule has 5 heteroatoms. The number of rotatable bonds is 5. The van der Waals surface area contributed by atoms with Crippen molar-refractivity contribution in [3.8, 4) is 5.75 Å². The Morgan fingerprint density at radius 1 is 1.33 bits per heavy atom. The van der Waals surface area contributed by atoms with Gasteiger partial charge in [-0.25, -0.2) is 0 Å². The van der Waals surface area contributed by atoms with E-state index in [2.05, 4.69) is 10.2 Å². The molecule has 1 heterocycles. The van der Waals surface area contributed by atoms with Crippen LogP contribution < -0.4 is 10.5 Å². The van der Waals surface area contributed by atoms with E-state index in [0.29, 0.717) is 18.2 Å². The molecule has 5 nitrogen and oxygen atoms in total. The lowest BCUT2D eigenvalue weighted by Gasteiger charge is -2.02. The Bertz CT molecular complexity index is 508. The molecule has 0 bridgehead atoms. The topological polar surface area (TPSA) is 74.2 Å². The first-order valence-corrected chi connectivity index (χ1v) is 5.90. The zero-order valence-electron chi connectivity index (χ0n) is 10.6. The maximum Gasteiger partial charge on any atom is 0.232 e. The summed E-state index contributed by atoms with van der Waals surface area (Å²) in [7, 11) is 1.66. The summed E-state index contributed by atoms with van der Waals surface area (Å²) in [5.41, 5.74) is 6.84. The Morgan fingerprint density at radius 3 is 2.83 bits per heavy atom. The van der Waals surface area contributed by atoms with E-state index in [-0.39, 0.29) is 6.04 Å². The van der Waals surface area contributed by atoms with Crippen LogP contribution in [-0.2, 0) is 12.8 Å². The third-order valence-corrected chi connectivity index (χ3v) is 2.63. The summed E-state index contributed by atoms with van der Waals surface area (Å²) in [6, 6.07) is 7.72. The first kappa shape index (κ1) is 12.6. The summed E-state index contributed by atoms with van der Waals surface area (Å²) in [4.78, 5) is 0. The molecule has 18 heavy (non-hydrogen) atoms. The Morgan fingerprint density at radius 2 is 2.17 bits per heavy atom. The minimum atomic E-state index is -0.219. The van der Waals surface area contributed by atoms with Gasteiger partial charge in [-0.2, -0.15) is 0 Å². The second-order valence-electron chi connectivity index (χ2n) is 4.17. The van der Waals surface area contributed by atoms with Gasteiger partial charge in [-0.05, 0) is 31.0 Å². The lowest BCUT2D eigenvalue weighted by Crippen LogP contribution is -2.04. The van der Waals surface area contributed by atoms with Crippen LogP contribution in [0.25, 0.3) is 0 Å². The van der Waals surface area contributed by atoms with Crippen LogP contribution in [0.5, 0.6) is 5.75 Å². The van der Waals surface area contributed by atoms with Crippen molar-refractivity contribution in [2.75, 3.05) is 7.11 Å². The van der Waals surface area contributed by atoms with Crippen molar-refractivity contribution in [2.45, 2.75) is 25.8 Å². The van der Waals surface area contributed by atoms with E-state index in [1.54, 1.807) is 7.11 Å². The number of hydrogen-bond donors (Lipinski definition) is 1. The number of nitrogens with zero attached hydrogens (tertiary/aromatic N) is 2. The van der Waals surface area contributed by atoms with Crippen molar-refractivity contribution in [3.05, 3.63) is 41.6 Å². The van der Waals surface area contributed by atoms with Crippen molar-refractivity contribution in [1.29, 1.82) is 0 Å². The Hall–Kier alpha value is -1.88. The smallest absolute Gasteiger partial charge is 0.232 e. The SMILES string of the molecule is COc1cccc(CCc2nnc(C(C)N)o2)c1. The summed E-state index contributed by atoms with van der Waals surface area (Å²) >= 11 is 0. The zero-order valence-corrected chi connectivity index (χ0v) is 10.6. The molecule has 0 aliphatic rings. The number of benzene rings is 1. The highest BCUT2D eigenvalue weighted by atomic mass is 16.5. The van der Waals surface area contributed by atoms with Gasteiger partial charge in [-0.1, -0.05) is 12.1 Å². The molecule has 0 spiro atoms. The molecular weight excluding hydrogens is 230 g/mol. The summed E-state index contributed by atoms with van der Waals surface area (Å²) in [6.45, 7) is 1.82. The van der Waals surface area contributed by atoms with Crippen LogP contribution in [0.3, 0.4) is 0 Å². The lowest BCUT2D eigenvalue weighted by atomic mass is 10.1. The van der Waals surface area contributed by atoms with Crippen molar-refractivity contribution in [3.63, 3.8) is 0 Å². The van der Waals surface area contributed by atoms with Gasteiger partial charge >= 0.3 is 0 Å². The van der Waals surface area contributed by atoms with E-state index in [1.807, 2.05) is 31.2 Å². The first-order chi connectivity index (χ1) is 8.69. The van der Waals surface area contributed by atoms with Crippen LogP contribution in [0, 0.1) is 0 Å². The highest BCUT2D eigenvalue weighted by Gasteiger charge is 2.09. The van der Waals surface area contributed by atoms with Crippen LogP contribution in [0.2, 0.25) is 0 Å². The van der Waals surface area contributed by atoms with Crippen LogP contribution >= 0.6 is 0 Å². The molecule has 0 aliphatic heterocycles. The maximum absolute atomic E-state index is 5.66. The van der Waals surface area contributed by atoms with Crippen LogP contribution in [-0.4, -0.2) is 17.3 Å². The van der Waals surface area contributed by atoms with E-state index in [1.165, 1.54) is 5.56 Å².